The van der Waals surface area contributed by atoms with Crippen molar-refractivity contribution in [1.82, 2.24) is 10.2 Å². The van der Waals surface area contributed by atoms with Crippen molar-refractivity contribution < 1.29 is 27.5 Å². The molecule has 0 heterocycles. The number of carbonyl (C=O) groups excluding carboxylic acids is 2. The smallest absolute Gasteiger partial charge is 0.244 e. The van der Waals surface area contributed by atoms with E-state index < -0.39 is 28.5 Å². The van der Waals surface area contributed by atoms with Crippen molar-refractivity contribution in [1.29, 1.82) is 0 Å². The number of rotatable bonds is 15. The summed E-state index contributed by atoms with van der Waals surface area (Å²) in [5, 5.41) is 2.98. The average molecular weight is 596 g/mol. The summed E-state index contributed by atoms with van der Waals surface area (Å²) in [6.45, 7) is 4.06. The van der Waals surface area contributed by atoms with Gasteiger partial charge < -0.3 is 19.7 Å². The van der Waals surface area contributed by atoms with Crippen molar-refractivity contribution in [2.24, 2.45) is 0 Å². The third-order valence-corrected chi connectivity index (χ3v) is 8.00. The minimum atomic E-state index is -3.94. The second kappa shape index (κ2) is 15.3. The van der Waals surface area contributed by atoms with E-state index in [9.17, 15) is 18.0 Å². The third kappa shape index (κ3) is 8.97. The molecular formula is C32H41N3O6S. The monoisotopic (exact) mass is 595 g/mol. The molecule has 0 saturated carbocycles. The Balaban J connectivity index is 2.07. The fraction of sp³-hybridized carbons (Fsp3) is 0.375. The minimum absolute atomic E-state index is 0.122. The lowest BCUT2D eigenvalue weighted by Crippen LogP contribution is -2.53. The Hall–Kier alpha value is -4.05. The van der Waals surface area contributed by atoms with Crippen molar-refractivity contribution in [2.75, 3.05) is 37.9 Å². The zero-order valence-electron chi connectivity index (χ0n) is 25.0. The van der Waals surface area contributed by atoms with E-state index in [4.69, 9.17) is 9.47 Å². The number of nitrogens with zero attached hydrogens (tertiary/aromatic N) is 2. The summed E-state index contributed by atoms with van der Waals surface area (Å²) in [6, 6.07) is 21.0. The lowest BCUT2D eigenvalue weighted by molar-refractivity contribution is -0.140. The molecule has 2 amide bonds. The number of nitrogens with one attached hydrogen (secondary N) is 1. The normalized spacial score (nSPS) is 11.8. The van der Waals surface area contributed by atoms with Gasteiger partial charge in [0, 0.05) is 25.6 Å². The number of sulfonamides is 1. The molecule has 0 radical (unpaired) electrons. The summed E-state index contributed by atoms with van der Waals surface area (Å²) in [4.78, 5) is 29.4. The van der Waals surface area contributed by atoms with Gasteiger partial charge in [0.2, 0.25) is 21.8 Å². The first-order chi connectivity index (χ1) is 20.1. The maximum Gasteiger partial charge on any atom is 0.244 e. The number of aryl methyl sites for hydroxylation is 1. The molecule has 0 spiro atoms. The Morgan fingerprint density at radius 2 is 1.64 bits per heavy atom. The molecule has 0 aliphatic carbocycles. The molecule has 1 unspecified atom stereocenters. The molecule has 1 atom stereocenters. The highest BCUT2D eigenvalue weighted by Crippen LogP contribution is 2.33. The number of unbranched alkanes of at least 4 members (excludes halogenated alkanes) is 1. The molecule has 3 aromatic rings. The van der Waals surface area contributed by atoms with Crippen LogP contribution in [0, 0.1) is 6.92 Å². The summed E-state index contributed by atoms with van der Waals surface area (Å²) >= 11 is 0. The van der Waals surface area contributed by atoms with Gasteiger partial charge in [0.1, 0.15) is 24.1 Å². The number of hydrogen-bond acceptors (Lipinski definition) is 6. The Morgan fingerprint density at radius 1 is 0.929 bits per heavy atom. The van der Waals surface area contributed by atoms with E-state index in [1.807, 2.05) is 68.4 Å². The molecule has 9 nitrogen and oxygen atoms in total. The largest absolute Gasteiger partial charge is 0.497 e. The number of carbonyl (C=O) groups is 2. The summed E-state index contributed by atoms with van der Waals surface area (Å²) < 4.78 is 37.9. The van der Waals surface area contributed by atoms with Crippen LogP contribution in [-0.2, 0) is 32.6 Å². The first-order valence-electron chi connectivity index (χ1n) is 13.9. The van der Waals surface area contributed by atoms with Crippen LogP contribution in [0.4, 0.5) is 5.69 Å². The predicted octanol–water partition coefficient (Wildman–Crippen LogP) is 4.33. The first-order valence-corrected chi connectivity index (χ1v) is 15.8. The number of methoxy groups -OCH3 is 2. The van der Waals surface area contributed by atoms with Gasteiger partial charge in [0.05, 0.1) is 26.2 Å². The van der Waals surface area contributed by atoms with Crippen LogP contribution in [0.5, 0.6) is 11.5 Å². The number of benzene rings is 3. The van der Waals surface area contributed by atoms with Crippen LogP contribution >= 0.6 is 0 Å². The molecular weight excluding hydrogens is 554 g/mol. The third-order valence-electron chi connectivity index (χ3n) is 6.87. The van der Waals surface area contributed by atoms with Crippen molar-refractivity contribution in [3.8, 4) is 11.5 Å². The molecule has 42 heavy (non-hydrogen) atoms. The Morgan fingerprint density at radius 3 is 2.26 bits per heavy atom. The molecule has 0 aliphatic heterocycles. The summed E-state index contributed by atoms with van der Waals surface area (Å²) in [5.74, 6) is -0.105. The standard InChI is InChI=1S/C32H41N3O6S/c1-6-7-18-33-32(37)29(20-25-13-9-8-10-14-25)34(22-26-15-11-12-24(2)19-26)31(36)23-35(42(5,38)39)28-17-16-27(40-3)21-30(28)41-4/h8-17,19,21,29H,6-7,18,20,22-23H2,1-5H3,(H,33,37). The van der Waals surface area contributed by atoms with E-state index >= 15 is 0 Å². The molecule has 226 valence electrons. The summed E-state index contributed by atoms with van der Waals surface area (Å²) in [5.41, 5.74) is 2.91. The van der Waals surface area contributed by atoms with Crippen LogP contribution in [-0.4, -0.2) is 64.7 Å². The van der Waals surface area contributed by atoms with Crippen LogP contribution in [0.25, 0.3) is 0 Å². The van der Waals surface area contributed by atoms with E-state index in [1.54, 1.807) is 12.1 Å². The van der Waals surface area contributed by atoms with Crippen molar-refractivity contribution >= 4 is 27.5 Å². The fourth-order valence-electron chi connectivity index (χ4n) is 4.65. The molecule has 10 heteroatoms. The lowest BCUT2D eigenvalue weighted by atomic mass is 10.0. The van der Waals surface area contributed by atoms with Gasteiger partial charge in [-0.1, -0.05) is 73.5 Å². The molecule has 0 fully saturated rings. The van der Waals surface area contributed by atoms with Crippen LogP contribution in [0.1, 0.15) is 36.5 Å². The van der Waals surface area contributed by atoms with Crippen LogP contribution in [0.15, 0.2) is 72.8 Å². The van der Waals surface area contributed by atoms with Crippen LogP contribution < -0.4 is 19.1 Å². The van der Waals surface area contributed by atoms with Gasteiger partial charge in [-0.25, -0.2) is 8.42 Å². The van der Waals surface area contributed by atoms with E-state index in [-0.39, 0.29) is 30.3 Å². The van der Waals surface area contributed by atoms with Gasteiger partial charge >= 0.3 is 0 Å². The second-order valence-corrected chi connectivity index (χ2v) is 12.1. The average Bonchev–Trinajstić information content (AvgIpc) is 2.97. The first kappa shape index (κ1) is 32.5. The zero-order chi connectivity index (χ0) is 30.7. The topological polar surface area (TPSA) is 105 Å². The zero-order valence-corrected chi connectivity index (χ0v) is 25.8. The van der Waals surface area contributed by atoms with Crippen molar-refractivity contribution in [2.45, 2.75) is 45.7 Å². The highest BCUT2D eigenvalue weighted by atomic mass is 32.2. The number of amides is 2. The van der Waals surface area contributed by atoms with Crippen LogP contribution in [0.3, 0.4) is 0 Å². The van der Waals surface area contributed by atoms with Gasteiger partial charge in [0.25, 0.3) is 0 Å². The minimum Gasteiger partial charge on any atom is -0.497 e. The molecule has 0 aliphatic rings. The molecule has 3 aromatic carbocycles. The lowest BCUT2D eigenvalue weighted by Gasteiger charge is -2.34. The quantitative estimate of drug-likeness (QED) is 0.262. The molecule has 0 bridgehead atoms. The predicted molar refractivity (Wildman–Crippen MR) is 165 cm³/mol. The van der Waals surface area contributed by atoms with E-state index in [1.165, 1.54) is 25.2 Å². The Labute approximate surface area is 249 Å². The number of hydrogen-bond donors (Lipinski definition) is 1. The SMILES string of the molecule is CCCCNC(=O)C(Cc1ccccc1)N(Cc1cccc(C)c1)C(=O)CN(c1ccc(OC)cc1OC)S(C)(=O)=O. The highest BCUT2D eigenvalue weighted by Gasteiger charge is 2.33. The highest BCUT2D eigenvalue weighted by molar-refractivity contribution is 7.92. The maximum atomic E-state index is 14.2. The van der Waals surface area contributed by atoms with E-state index in [0.29, 0.717) is 12.3 Å². The van der Waals surface area contributed by atoms with E-state index in [2.05, 4.69) is 5.32 Å². The molecule has 0 aromatic heterocycles. The Kier molecular flexibility index (Phi) is 11.8. The molecule has 1 N–H and O–H groups in total. The number of anilines is 1. The van der Waals surface area contributed by atoms with Crippen molar-refractivity contribution in [3.05, 3.63) is 89.5 Å². The van der Waals surface area contributed by atoms with Gasteiger partial charge in [-0.15, -0.1) is 0 Å². The molecule has 0 saturated heterocycles. The van der Waals surface area contributed by atoms with Gasteiger partial charge in [0.15, 0.2) is 0 Å². The van der Waals surface area contributed by atoms with Crippen LogP contribution in [0.2, 0.25) is 0 Å². The van der Waals surface area contributed by atoms with Crippen molar-refractivity contribution in [3.63, 3.8) is 0 Å². The number of ether oxygens (including phenoxy) is 2. The summed E-state index contributed by atoms with van der Waals surface area (Å²) in [7, 11) is -1.02. The maximum absolute atomic E-state index is 14.2. The fourth-order valence-corrected chi connectivity index (χ4v) is 5.51. The van der Waals surface area contributed by atoms with Gasteiger partial charge in [-0.2, -0.15) is 0 Å². The van der Waals surface area contributed by atoms with Gasteiger partial charge in [-0.3, -0.25) is 13.9 Å². The Bertz CT molecular complexity index is 1450. The molecule has 3 rings (SSSR count). The van der Waals surface area contributed by atoms with E-state index in [0.717, 1.165) is 40.1 Å². The second-order valence-electron chi connectivity index (χ2n) is 10.2. The van der Waals surface area contributed by atoms with Gasteiger partial charge in [-0.05, 0) is 36.6 Å². The summed E-state index contributed by atoms with van der Waals surface area (Å²) in [6.07, 6.45) is 3.01.